The number of H-pyrrole nitrogens is 1. The van der Waals surface area contributed by atoms with E-state index in [1.807, 2.05) is 49.4 Å². The van der Waals surface area contributed by atoms with Gasteiger partial charge in [-0.3, -0.25) is 4.55 Å². The zero-order valence-electron chi connectivity index (χ0n) is 15.5. The molecule has 2 aromatic heterocycles. The molecule has 4 rings (SSSR count). The maximum absolute atomic E-state index is 10.7. The topological polar surface area (TPSA) is 112 Å². The molecule has 0 aliphatic rings. The third-order valence-corrected chi connectivity index (χ3v) is 4.58. The normalized spacial score (nSPS) is 12.1. The minimum absolute atomic E-state index is 0.300. The number of anilines is 2. The average Bonchev–Trinajstić information content (AvgIpc) is 3.07. The maximum atomic E-state index is 10.7. The fourth-order valence-corrected chi connectivity index (χ4v) is 3.17. The largest absolute Gasteiger partial charge is 0.439 e. The number of aromatic amines is 1. The van der Waals surface area contributed by atoms with Gasteiger partial charge in [0.1, 0.15) is 5.75 Å². The molecule has 9 heteroatoms. The molecular formula is C20H19N5O3S. The van der Waals surface area contributed by atoms with E-state index >= 15 is 0 Å². The van der Waals surface area contributed by atoms with Crippen molar-refractivity contribution in [3.8, 4) is 11.6 Å². The van der Waals surface area contributed by atoms with Crippen molar-refractivity contribution >= 4 is 33.8 Å². The van der Waals surface area contributed by atoms with Crippen LogP contribution < -0.4 is 14.8 Å². The fraction of sp³-hybridized carbons (Fsp3) is 0.100. The van der Waals surface area contributed by atoms with Crippen LogP contribution in [0.4, 0.5) is 11.6 Å². The highest BCUT2D eigenvalue weighted by Gasteiger charge is 2.05. The number of aromatic nitrogens is 3. The summed E-state index contributed by atoms with van der Waals surface area (Å²) >= 11 is -2.03. The second kappa shape index (κ2) is 8.39. The Morgan fingerprint density at radius 1 is 1.14 bits per heavy atom. The fourth-order valence-electron chi connectivity index (χ4n) is 2.88. The maximum Gasteiger partial charge on any atom is 0.232 e. The van der Waals surface area contributed by atoms with Crippen LogP contribution in [0.15, 0.2) is 60.8 Å². The van der Waals surface area contributed by atoms with Gasteiger partial charge >= 0.3 is 0 Å². The molecule has 0 spiro atoms. The predicted molar refractivity (Wildman–Crippen MR) is 112 cm³/mol. The molecule has 0 aliphatic carbocycles. The summed E-state index contributed by atoms with van der Waals surface area (Å²) in [5.74, 6) is 1.53. The molecule has 0 aliphatic heterocycles. The average molecular weight is 409 g/mol. The first kappa shape index (κ1) is 19.1. The number of ether oxygens (including phenoxy) is 1. The first-order chi connectivity index (χ1) is 14.0. The molecule has 0 amide bonds. The van der Waals surface area contributed by atoms with Gasteiger partial charge in [0.2, 0.25) is 23.1 Å². The molecule has 148 valence electrons. The van der Waals surface area contributed by atoms with Gasteiger partial charge in [0.25, 0.3) is 0 Å². The number of fused-ring (bicyclic) bond motifs is 1. The molecule has 2 heterocycles. The van der Waals surface area contributed by atoms with Gasteiger partial charge in [-0.25, -0.2) is 13.9 Å². The Bertz CT molecular complexity index is 1160. The van der Waals surface area contributed by atoms with Gasteiger partial charge in [0.15, 0.2) is 0 Å². The number of nitrogens with zero attached hydrogens (tertiary/aromatic N) is 2. The number of hydrogen-bond donors (Lipinski definition) is 4. The molecular weight excluding hydrogens is 390 g/mol. The summed E-state index contributed by atoms with van der Waals surface area (Å²) in [5.41, 5.74) is 3.83. The lowest BCUT2D eigenvalue weighted by atomic mass is 10.2. The van der Waals surface area contributed by atoms with Gasteiger partial charge in [-0.05, 0) is 48.9 Å². The van der Waals surface area contributed by atoms with Crippen molar-refractivity contribution in [3.05, 3.63) is 72.1 Å². The monoisotopic (exact) mass is 409 g/mol. The third-order valence-electron chi connectivity index (χ3n) is 4.19. The first-order valence-corrected chi connectivity index (χ1v) is 9.96. The van der Waals surface area contributed by atoms with Crippen LogP contribution in [0, 0.1) is 6.92 Å². The van der Waals surface area contributed by atoms with Crippen molar-refractivity contribution in [1.82, 2.24) is 19.7 Å². The van der Waals surface area contributed by atoms with Gasteiger partial charge in [-0.2, -0.15) is 4.98 Å². The second-order valence-corrected chi connectivity index (χ2v) is 7.20. The lowest BCUT2D eigenvalue weighted by molar-refractivity contribution is 0.463. The van der Waals surface area contributed by atoms with E-state index < -0.39 is 11.3 Å². The Hall–Kier alpha value is -3.27. The van der Waals surface area contributed by atoms with E-state index in [9.17, 15) is 4.21 Å². The smallest absolute Gasteiger partial charge is 0.232 e. The molecule has 0 bridgehead atoms. The zero-order valence-corrected chi connectivity index (χ0v) is 16.4. The Morgan fingerprint density at radius 3 is 2.76 bits per heavy atom. The summed E-state index contributed by atoms with van der Waals surface area (Å²) in [6.45, 7) is 2.31. The Morgan fingerprint density at radius 2 is 1.97 bits per heavy atom. The highest BCUT2D eigenvalue weighted by atomic mass is 32.2. The minimum atomic E-state index is -2.03. The quantitative estimate of drug-likeness (QED) is 0.343. The standard InChI is InChI=1S/C20H19N5O3S/c1-13-10-15-11-17(6-7-18(15)23-13)28-19-8-9-21-20(25-19)24-16-4-2-14(3-5-16)12-22-29(26)27/h2-11,22-23H,12H2,1H3,(H,26,27)(H,21,24,25). The van der Waals surface area contributed by atoms with Gasteiger partial charge in [0, 0.05) is 41.1 Å². The van der Waals surface area contributed by atoms with E-state index in [0.717, 1.165) is 27.8 Å². The van der Waals surface area contributed by atoms with Crippen molar-refractivity contribution in [2.45, 2.75) is 13.5 Å². The highest BCUT2D eigenvalue weighted by Crippen LogP contribution is 2.25. The molecule has 1 unspecified atom stereocenters. The number of benzene rings is 2. The molecule has 0 fully saturated rings. The van der Waals surface area contributed by atoms with Crippen LogP contribution in [-0.2, 0) is 17.8 Å². The Kier molecular flexibility index (Phi) is 5.52. The molecule has 0 saturated carbocycles. The van der Waals surface area contributed by atoms with E-state index in [0.29, 0.717) is 24.1 Å². The van der Waals surface area contributed by atoms with Crippen LogP contribution in [0.3, 0.4) is 0 Å². The zero-order chi connectivity index (χ0) is 20.2. The van der Waals surface area contributed by atoms with E-state index in [-0.39, 0.29) is 0 Å². The molecule has 4 aromatic rings. The number of nitrogens with one attached hydrogen (secondary N) is 3. The van der Waals surface area contributed by atoms with Crippen molar-refractivity contribution in [1.29, 1.82) is 0 Å². The molecule has 2 aromatic carbocycles. The van der Waals surface area contributed by atoms with Crippen molar-refractivity contribution in [2.75, 3.05) is 5.32 Å². The lowest BCUT2D eigenvalue weighted by Gasteiger charge is -2.08. The first-order valence-electron chi connectivity index (χ1n) is 8.86. The third kappa shape index (κ3) is 4.96. The molecule has 1 atom stereocenters. The molecule has 4 N–H and O–H groups in total. The lowest BCUT2D eigenvalue weighted by Crippen LogP contribution is -2.15. The Balaban J connectivity index is 1.44. The molecule has 29 heavy (non-hydrogen) atoms. The van der Waals surface area contributed by atoms with Gasteiger partial charge < -0.3 is 15.0 Å². The number of hydrogen-bond acceptors (Lipinski definition) is 5. The van der Waals surface area contributed by atoms with E-state index in [1.54, 1.807) is 12.3 Å². The van der Waals surface area contributed by atoms with Crippen LogP contribution in [0.5, 0.6) is 11.6 Å². The number of rotatable bonds is 7. The van der Waals surface area contributed by atoms with Crippen LogP contribution in [0.1, 0.15) is 11.3 Å². The van der Waals surface area contributed by atoms with Crippen LogP contribution >= 0.6 is 0 Å². The van der Waals surface area contributed by atoms with Gasteiger partial charge in [-0.1, -0.05) is 12.1 Å². The molecule has 0 saturated heterocycles. The summed E-state index contributed by atoms with van der Waals surface area (Å²) in [4.78, 5) is 11.9. The van der Waals surface area contributed by atoms with Crippen molar-refractivity contribution in [3.63, 3.8) is 0 Å². The SMILES string of the molecule is Cc1cc2cc(Oc3ccnc(Nc4ccc(CNS(=O)O)cc4)n3)ccc2[nH]1. The minimum Gasteiger partial charge on any atom is -0.439 e. The molecule has 0 radical (unpaired) electrons. The van der Waals surface area contributed by atoms with Crippen LogP contribution in [-0.4, -0.2) is 23.7 Å². The summed E-state index contributed by atoms with van der Waals surface area (Å²) in [7, 11) is 0. The predicted octanol–water partition coefficient (Wildman–Crippen LogP) is 4.03. The van der Waals surface area contributed by atoms with Crippen molar-refractivity contribution < 1.29 is 13.5 Å². The van der Waals surface area contributed by atoms with Crippen LogP contribution in [0.2, 0.25) is 0 Å². The van der Waals surface area contributed by atoms with E-state index in [2.05, 4.69) is 31.1 Å². The summed E-state index contributed by atoms with van der Waals surface area (Å²) in [5, 5.41) is 4.19. The van der Waals surface area contributed by atoms with E-state index in [1.165, 1.54) is 0 Å². The summed E-state index contributed by atoms with van der Waals surface area (Å²) < 4.78 is 27.8. The van der Waals surface area contributed by atoms with E-state index in [4.69, 9.17) is 9.29 Å². The summed E-state index contributed by atoms with van der Waals surface area (Å²) in [6.07, 6.45) is 1.62. The van der Waals surface area contributed by atoms with Crippen molar-refractivity contribution in [2.24, 2.45) is 0 Å². The second-order valence-electron chi connectivity index (χ2n) is 6.41. The molecule has 8 nitrogen and oxygen atoms in total. The van der Waals surface area contributed by atoms with Gasteiger partial charge in [0.05, 0.1) is 0 Å². The Labute approximate surface area is 169 Å². The highest BCUT2D eigenvalue weighted by molar-refractivity contribution is 7.77. The van der Waals surface area contributed by atoms with Crippen LogP contribution in [0.25, 0.3) is 10.9 Å². The van der Waals surface area contributed by atoms with Gasteiger partial charge in [-0.15, -0.1) is 0 Å². The number of aryl methyl sites for hydroxylation is 1. The summed E-state index contributed by atoms with van der Waals surface area (Å²) in [6, 6.07) is 17.0.